The molecule has 1 fully saturated rings. The van der Waals surface area contributed by atoms with Crippen LogP contribution in [0.3, 0.4) is 0 Å². The molecule has 1 aliphatic rings. The van der Waals surface area contributed by atoms with E-state index in [1.165, 1.54) is 31.2 Å². The predicted molar refractivity (Wildman–Crippen MR) is 93.4 cm³/mol. The average Bonchev–Trinajstić information content (AvgIpc) is 2.82. The Bertz CT molecular complexity index is 421. The van der Waals surface area contributed by atoms with Crippen LogP contribution in [0.4, 0.5) is 0 Å². The summed E-state index contributed by atoms with van der Waals surface area (Å²) in [5.41, 5.74) is 1.17. The fraction of sp³-hybridized carbons (Fsp3) is 0.714. The summed E-state index contributed by atoms with van der Waals surface area (Å²) >= 11 is 0. The number of aliphatic imine (C=N–C) groups is 1. The summed E-state index contributed by atoms with van der Waals surface area (Å²) < 4.78 is 1.82. The molecule has 5 nitrogen and oxygen atoms in total. The van der Waals surface area contributed by atoms with Gasteiger partial charge >= 0.3 is 0 Å². The first-order valence-electron chi connectivity index (χ1n) is 7.12. The first-order chi connectivity index (χ1) is 9.17. The van der Waals surface area contributed by atoms with E-state index in [1.807, 2.05) is 31.2 Å². The zero-order valence-electron chi connectivity index (χ0n) is 12.6. The highest BCUT2D eigenvalue weighted by molar-refractivity contribution is 14.0. The van der Waals surface area contributed by atoms with Gasteiger partial charge in [-0.15, -0.1) is 24.0 Å². The lowest BCUT2D eigenvalue weighted by molar-refractivity contribution is 0.329. The molecule has 0 atom stereocenters. The van der Waals surface area contributed by atoms with Gasteiger partial charge in [-0.25, -0.2) is 0 Å². The van der Waals surface area contributed by atoms with E-state index in [-0.39, 0.29) is 24.0 Å². The zero-order valence-corrected chi connectivity index (χ0v) is 14.9. The van der Waals surface area contributed by atoms with Gasteiger partial charge in [0.15, 0.2) is 5.96 Å². The van der Waals surface area contributed by atoms with Gasteiger partial charge in [0.05, 0.1) is 6.20 Å². The third-order valence-electron chi connectivity index (χ3n) is 3.80. The van der Waals surface area contributed by atoms with Crippen LogP contribution in [0.15, 0.2) is 17.4 Å². The standard InChI is InChI=1S/C14H25N5.HI/c1-11-4-6-13(7-5-11)18-14(15-2)16-8-12-9-17-19(3)10-12;/h9-11,13H,4-8H2,1-3H3,(H2,15,16,18);1H. The second kappa shape index (κ2) is 8.49. The molecule has 114 valence electrons. The van der Waals surface area contributed by atoms with Gasteiger partial charge in [-0.1, -0.05) is 6.92 Å². The van der Waals surface area contributed by atoms with E-state index in [2.05, 4.69) is 27.6 Å². The van der Waals surface area contributed by atoms with E-state index < -0.39 is 0 Å². The van der Waals surface area contributed by atoms with Gasteiger partial charge in [0, 0.05) is 38.4 Å². The molecule has 0 aromatic carbocycles. The second-order valence-corrected chi connectivity index (χ2v) is 5.55. The van der Waals surface area contributed by atoms with Crippen molar-refractivity contribution in [2.75, 3.05) is 7.05 Å². The maximum Gasteiger partial charge on any atom is 0.191 e. The van der Waals surface area contributed by atoms with E-state index in [1.54, 1.807) is 0 Å². The molecule has 1 aromatic rings. The number of rotatable bonds is 3. The molecule has 6 heteroatoms. The quantitative estimate of drug-likeness (QED) is 0.472. The third-order valence-corrected chi connectivity index (χ3v) is 3.80. The molecule has 2 rings (SSSR count). The van der Waals surface area contributed by atoms with Gasteiger partial charge in [-0.2, -0.15) is 5.10 Å². The van der Waals surface area contributed by atoms with Crippen LogP contribution in [0.5, 0.6) is 0 Å². The van der Waals surface area contributed by atoms with Crippen LogP contribution in [0.1, 0.15) is 38.2 Å². The minimum Gasteiger partial charge on any atom is -0.354 e. The molecule has 0 unspecified atom stereocenters. The summed E-state index contributed by atoms with van der Waals surface area (Å²) in [6, 6.07) is 0.566. The molecule has 0 radical (unpaired) electrons. The number of hydrogen-bond donors (Lipinski definition) is 2. The van der Waals surface area contributed by atoms with Crippen molar-refractivity contribution in [3.63, 3.8) is 0 Å². The van der Waals surface area contributed by atoms with Crippen LogP contribution in [0.25, 0.3) is 0 Å². The minimum absolute atomic E-state index is 0. The van der Waals surface area contributed by atoms with Crippen molar-refractivity contribution in [2.24, 2.45) is 18.0 Å². The summed E-state index contributed by atoms with van der Waals surface area (Å²) in [4.78, 5) is 4.29. The lowest BCUT2D eigenvalue weighted by Gasteiger charge is -2.28. The number of guanidine groups is 1. The summed E-state index contributed by atoms with van der Waals surface area (Å²) in [6.07, 6.45) is 9.02. The Labute approximate surface area is 138 Å². The van der Waals surface area contributed by atoms with Crippen LogP contribution in [-0.4, -0.2) is 28.8 Å². The average molecular weight is 391 g/mol. The van der Waals surface area contributed by atoms with Crippen LogP contribution in [0.2, 0.25) is 0 Å². The molecular formula is C14H26IN5. The Morgan fingerprint density at radius 1 is 1.40 bits per heavy atom. The lowest BCUT2D eigenvalue weighted by atomic mass is 9.87. The maximum atomic E-state index is 4.29. The maximum absolute atomic E-state index is 4.29. The van der Waals surface area contributed by atoms with Crippen molar-refractivity contribution in [1.82, 2.24) is 20.4 Å². The topological polar surface area (TPSA) is 54.2 Å². The molecule has 1 aliphatic carbocycles. The van der Waals surface area contributed by atoms with E-state index in [0.29, 0.717) is 6.04 Å². The van der Waals surface area contributed by atoms with Crippen molar-refractivity contribution in [3.8, 4) is 0 Å². The van der Waals surface area contributed by atoms with Crippen molar-refractivity contribution in [1.29, 1.82) is 0 Å². The number of halogens is 1. The van der Waals surface area contributed by atoms with Crippen molar-refractivity contribution in [3.05, 3.63) is 18.0 Å². The summed E-state index contributed by atoms with van der Waals surface area (Å²) in [5, 5.41) is 11.0. The van der Waals surface area contributed by atoms with Gasteiger partial charge < -0.3 is 10.6 Å². The van der Waals surface area contributed by atoms with Crippen LogP contribution in [-0.2, 0) is 13.6 Å². The van der Waals surface area contributed by atoms with Gasteiger partial charge in [-0.3, -0.25) is 9.67 Å². The fourth-order valence-corrected chi connectivity index (χ4v) is 2.54. The minimum atomic E-state index is 0. The molecule has 0 amide bonds. The molecular weight excluding hydrogens is 365 g/mol. The van der Waals surface area contributed by atoms with Crippen LogP contribution < -0.4 is 10.6 Å². The van der Waals surface area contributed by atoms with E-state index >= 15 is 0 Å². The molecule has 1 aromatic heterocycles. The number of aryl methyl sites for hydroxylation is 1. The Kier molecular flexibility index (Phi) is 7.32. The molecule has 0 bridgehead atoms. The lowest BCUT2D eigenvalue weighted by Crippen LogP contribution is -2.44. The van der Waals surface area contributed by atoms with Crippen LogP contribution in [0, 0.1) is 5.92 Å². The Morgan fingerprint density at radius 2 is 2.10 bits per heavy atom. The summed E-state index contributed by atoms with van der Waals surface area (Å²) in [6.45, 7) is 3.10. The highest BCUT2D eigenvalue weighted by atomic mass is 127. The molecule has 0 saturated heterocycles. The normalized spacial score (nSPS) is 23.1. The van der Waals surface area contributed by atoms with Crippen molar-refractivity contribution >= 4 is 29.9 Å². The van der Waals surface area contributed by atoms with E-state index in [4.69, 9.17) is 0 Å². The first kappa shape index (κ1) is 17.3. The number of nitrogens with one attached hydrogen (secondary N) is 2. The second-order valence-electron chi connectivity index (χ2n) is 5.55. The summed E-state index contributed by atoms with van der Waals surface area (Å²) in [7, 11) is 3.75. The van der Waals surface area contributed by atoms with E-state index in [0.717, 1.165) is 18.4 Å². The van der Waals surface area contributed by atoms with Gasteiger partial charge in [0.25, 0.3) is 0 Å². The predicted octanol–water partition coefficient (Wildman–Crippen LogP) is 2.28. The molecule has 2 N–H and O–H groups in total. The zero-order chi connectivity index (χ0) is 13.7. The van der Waals surface area contributed by atoms with E-state index in [9.17, 15) is 0 Å². The Hall–Kier alpha value is -0.790. The van der Waals surface area contributed by atoms with Gasteiger partial charge in [0.2, 0.25) is 0 Å². The van der Waals surface area contributed by atoms with Crippen molar-refractivity contribution < 1.29 is 0 Å². The molecule has 0 spiro atoms. The number of nitrogens with zero attached hydrogens (tertiary/aromatic N) is 3. The number of aromatic nitrogens is 2. The number of hydrogen-bond acceptors (Lipinski definition) is 2. The fourth-order valence-electron chi connectivity index (χ4n) is 2.54. The SMILES string of the molecule is CN=C(NCc1cnn(C)c1)NC1CCC(C)CC1.I. The highest BCUT2D eigenvalue weighted by Crippen LogP contribution is 2.23. The summed E-state index contributed by atoms with van der Waals surface area (Å²) in [5.74, 6) is 1.77. The molecule has 20 heavy (non-hydrogen) atoms. The first-order valence-corrected chi connectivity index (χ1v) is 7.12. The molecule has 1 saturated carbocycles. The Morgan fingerprint density at radius 3 is 2.65 bits per heavy atom. The Balaban J connectivity index is 0.00000200. The van der Waals surface area contributed by atoms with Crippen molar-refractivity contribution in [2.45, 2.75) is 45.2 Å². The molecule has 1 heterocycles. The monoisotopic (exact) mass is 391 g/mol. The smallest absolute Gasteiger partial charge is 0.191 e. The van der Waals surface area contributed by atoms with Crippen LogP contribution >= 0.6 is 24.0 Å². The van der Waals surface area contributed by atoms with Gasteiger partial charge in [-0.05, 0) is 31.6 Å². The highest BCUT2D eigenvalue weighted by Gasteiger charge is 2.18. The van der Waals surface area contributed by atoms with Gasteiger partial charge in [0.1, 0.15) is 0 Å². The molecule has 0 aliphatic heterocycles. The largest absolute Gasteiger partial charge is 0.354 e. The third kappa shape index (κ3) is 5.30.